The number of rotatable bonds is 2. The molecule has 14 heavy (non-hydrogen) atoms. The van der Waals surface area contributed by atoms with E-state index >= 15 is 0 Å². The zero-order valence-corrected chi connectivity index (χ0v) is 7.83. The van der Waals surface area contributed by atoms with Gasteiger partial charge >= 0.3 is 5.97 Å². The first-order valence-corrected chi connectivity index (χ1v) is 3.95. The van der Waals surface area contributed by atoms with E-state index in [-0.39, 0.29) is 11.1 Å². The minimum atomic E-state index is -0.634. The highest BCUT2D eigenvalue weighted by atomic mass is 19.1. The van der Waals surface area contributed by atoms with Crippen LogP contribution in [0.2, 0.25) is 0 Å². The van der Waals surface area contributed by atoms with Gasteiger partial charge in [0, 0.05) is 0 Å². The van der Waals surface area contributed by atoms with E-state index in [1.165, 1.54) is 26.2 Å². The van der Waals surface area contributed by atoms with Gasteiger partial charge < -0.3 is 4.74 Å². The lowest BCUT2D eigenvalue weighted by molar-refractivity contribution is 0.0600. The van der Waals surface area contributed by atoms with Crippen molar-refractivity contribution in [2.24, 2.45) is 0 Å². The SMILES string of the molecule is COC(=O)c1ccc(F)c(C(C)=O)c1. The summed E-state index contributed by atoms with van der Waals surface area (Å²) in [6.07, 6.45) is 0. The number of hydrogen-bond acceptors (Lipinski definition) is 3. The molecule has 0 aliphatic rings. The molecule has 1 aromatic rings. The Balaban J connectivity index is 3.19. The fraction of sp³-hybridized carbons (Fsp3) is 0.200. The van der Waals surface area contributed by atoms with E-state index < -0.39 is 17.6 Å². The van der Waals surface area contributed by atoms with Crippen molar-refractivity contribution in [1.82, 2.24) is 0 Å². The summed E-state index contributed by atoms with van der Waals surface area (Å²) in [7, 11) is 1.22. The van der Waals surface area contributed by atoms with Crippen LogP contribution in [-0.2, 0) is 4.74 Å². The number of carbonyl (C=O) groups excluding carboxylic acids is 2. The lowest BCUT2D eigenvalue weighted by atomic mass is 10.1. The second-order valence-electron chi connectivity index (χ2n) is 2.74. The smallest absolute Gasteiger partial charge is 0.337 e. The van der Waals surface area contributed by atoms with Crippen LogP contribution in [0.3, 0.4) is 0 Å². The van der Waals surface area contributed by atoms with Crippen molar-refractivity contribution < 1.29 is 18.7 Å². The van der Waals surface area contributed by atoms with Gasteiger partial charge in [-0.2, -0.15) is 0 Å². The first-order chi connectivity index (χ1) is 6.56. The Kier molecular flexibility index (Phi) is 2.96. The van der Waals surface area contributed by atoms with Crippen molar-refractivity contribution in [3.8, 4) is 0 Å². The minimum absolute atomic E-state index is 0.104. The first-order valence-electron chi connectivity index (χ1n) is 3.95. The average molecular weight is 196 g/mol. The highest BCUT2D eigenvalue weighted by Gasteiger charge is 2.12. The Bertz CT molecular complexity index is 385. The number of benzene rings is 1. The molecule has 0 spiro atoms. The molecule has 0 aliphatic heterocycles. The summed E-state index contributed by atoms with van der Waals surface area (Å²) in [5, 5.41) is 0. The summed E-state index contributed by atoms with van der Waals surface area (Å²) in [6, 6.07) is 3.53. The summed E-state index contributed by atoms with van der Waals surface area (Å²) in [5.41, 5.74) is 0.0620. The normalized spacial score (nSPS) is 9.64. The van der Waals surface area contributed by atoms with Crippen molar-refractivity contribution in [2.75, 3.05) is 7.11 Å². The van der Waals surface area contributed by atoms with Gasteiger partial charge in [-0.1, -0.05) is 0 Å². The van der Waals surface area contributed by atoms with Crippen molar-refractivity contribution in [1.29, 1.82) is 0 Å². The monoisotopic (exact) mass is 196 g/mol. The van der Waals surface area contributed by atoms with E-state index in [0.717, 1.165) is 6.07 Å². The maximum absolute atomic E-state index is 13.0. The number of esters is 1. The van der Waals surface area contributed by atoms with Gasteiger partial charge in [-0.15, -0.1) is 0 Å². The third-order valence-electron chi connectivity index (χ3n) is 1.77. The summed E-state index contributed by atoms with van der Waals surface area (Å²) in [4.78, 5) is 22.0. The van der Waals surface area contributed by atoms with Gasteiger partial charge in [0.1, 0.15) is 5.82 Å². The van der Waals surface area contributed by atoms with Crippen molar-refractivity contribution >= 4 is 11.8 Å². The molecule has 1 aromatic carbocycles. The van der Waals surface area contributed by atoms with E-state index in [0.29, 0.717) is 0 Å². The van der Waals surface area contributed by atoms with Crippen LogP contribution in [0.5, 0.6) is 0 Å². The molecule has 0 bridgehead atoms. The molecule has 3 nitrogen and oxygen atoms in total. The molecule has 0 aromatic heterocycles. The number of Topliss-reactive ketones (excluding diaryl/α,β-unsaturated/α-hetero) is 1. The first kappa shape index (κ1) is 10.4. The molecule has 0 N–H and O–H groups in total. The highest BCUT2D eigenvalue weighted by molar-refractivity contribution is 5.98. The topological polar surface area (TPSA) is 43.4 Å². The maximum atomic E-state index is 13.0. The molecular weight excluding hydrogens is 187 g/mol. The second-order valence-corrected chi connectivity index (χ2v) is 2.74. The Labute approximate surface area is 80.5 Å². The number of carbonyl (C=O) groups is 2. The molecule has 74 valence electrons. The molecule has 0 saturated heterocycles. The number of ketones is 1. The van der Waals surface area contributed by atoms with Crippen molar-refractivity contribution in [2.45, 2.75) is 6.92 Å². The standard InChI is InChI=1S/C10H9FO3/c1-6(12)8-5-7(10(13)14-2)3-4-9(8)11/h3-5H,1-2H3. The average Bonchev–Trinajstić information content (AvgIpc) is 2.17. The Hall–Kier alpha value is -1.71. The quantitative estimate of drug-likeness (QED) is 0.535. The molecule has 0 atom stereocenters. The summed E-state index contributed by atoms with van der Waals surface area (Å²) in [6.45, 7) is 1.24. The molecule has 0 heterocycles. The molecular formula is C10H9FO3. The summed E-state index contributed by atoms with van der Waals surface area (Å²) < 4.78 is 17.5. The molecule has 4 heteroatoms. The number of hydrogen-bond donors (Lipinski definition) is 0. The van der Waals surface area contributed by atoms with Crippen LogP contribution in [0.4, 0.5) is 4.39 Å². The fourth-order valence-electron chi connectivity index (χ4n) is 1.04. The number of halogens is 1. The molecule has 0 saturated carbocycles. The molecule has 0 radical (unpaired) electrons. The van der Waals surface area contributed by atoms with Crippen LogP contribution in [0.1, 0.15) is 27.6 Å². The van der Waals surface area contributed by atoms with Gasteiger partial charge in [-0.05, 0) is 25.1 Å². The largest absolute Gasteiger partial charge is 0.465 e. The summed E-state index contributed by atoms with van der Waals surface area (Å²) >= 11 is 0. The van der Waals surface area contributed by atoms with E-state index in [1.807, 2.05) is 0 Å². The van der Waals surface area contributed by atoms with Crippen LogP contribution in [-0.4, -0.2) is 18.9 Å². The van der Waals surface area contributed by atoms with Gasteiger partial charge in [0.05, 0.1) is 18.2 Å². The Morgan fingerprint density at radius 3 is 2.50 bits per heavy atom. The third-order valence-corrected chi connectivity index (χ3v) is 1.77. The maximum Gasteiger partial charge on any atom is 0.337 e. The number of methoxy groups -OCH3 is 1. The Morgan fingerprint density at radius 1 is 1.36 bits per heavy atom. The number of ether oxygens (including phenoxy) is 1. The molecule has 0 unspecified atom stereocenters. The predicted octanol–water partition coefficient (Wildman–Crippen LogP) is 1.81. The van der Waals surface area contributed by atoms with Crippen molar-refractivity contribution in [3.63, 3.8) is 0 Å². The molecule has 1 rings (SSSR count). The second kappa shape index (κ2) is 4.00. The third kappa shape index (κ3) is 1.96. The minimum Gasteiger partial charge on any atom is -0.465 e. The van der Waals surface area contributed by atoms with Gasteiger partial charge in [0.2, 0.25) is 0 Å². The zero-order valence-electron chi connectivity index (χ0n) is 7.83. The van der Waals surface area contributed by atoms with Crippen LogP contribution in [0.25, 0.3) is 0 Å². The molecule has 0 aliphatic carbocycles. The van der Waals surface area contributed by atoms with E-state index in [4.69, 9.17) is 0 Å². The lowest BCUT2D eigenvalue weighted by Crippen LogP contribution is -2.05. The predicted molar refractivity (Wildman–Crippen MR) is 47.7 cm³/mol. The lowest BCUT2D eigenvalue weighted by Gasteiger charge is -2.02. The van der Waals surface area contributed by atoms with E-state index in [9.17, 15) is 14.0 Å². The zero-order chi connectivity index (χ0) is 10.7. The molecule has 0 fully saturated rings. The van der Waals surface area contributed by atoms with Crippen LogP contribution in [0.15, 0.2) is 18.2 Å². The Morgan fingerprint density at radius 2 is 2.00 bits per heavy atom. The van der Waals surface area contributed by atoms with Gasteiger partial charge in [0.25, 0.3) is 0 Å². The van der Waals surface area contributed by atoms with Gasteiger partial charge in [-0.25, -0.2) is 9.18 Å². The summed E-state index contributed by atoms with van der Waals surface area (Å²) in [5.74, 6) is -1.65. The van der Waals surface area contributed by atoms with E-state index in [2.05, 4.69) is 4.74 Å². The van der Waals surface area contributed by atoms with Crippen LogP contribution in [0, 0.1) is 5.82 Å². The highest BCUT2D eigenvalue weighted by Crippen LogP contribution is 2.11. The fourth-order valence-corrected chi connectivity index (χ4v) is 1.04. The van der Waals surface area contributed by atoms with Gasteiger partial charge in [-0.3, -0.25) is 4.79 Å². The van der Waals surface area contributed by atoms with Crippen molar-refractivity contribution in [3.05, 3.63) is 35.1 Å². The van der Waals surface area contributed by atoms with Crippen LogP contribution < -0.4 is 0 Å². The van der Waals surface area contributed by atoms with Crippen LogP contribution >= 0.6 is 0 Å². The van der Waals surface area contributed by atoms with Gasteiger partial charge in [0.15, 0.2) is 5.78 Å². The van der Waals surface area contributed by atoms with E-state index in [1.54, 1.807) is 0 Å². The molecule has 0 amide bonds.